The molecule has 0 radical (unpaired) electrons. The molecular formula is C28H34BNO4P2. The van der Waals surface area contributed by atoms with Crippen LogP contribution in [-0.2, 0) is 18.4 Å². The first kappa shape index (κ1) is 25.6. The average molecular weight is 521 g/mol. The fourth-order valence-electron chi connectivity index (χ4n) is 4.73. The quantitative estimate of drug-likeness (QED) is 0.260. The summed E-state index contributed by atoms with van der Waals surface area (Å²) < 4.78 is 40.8. The van der Waals surface area contributed by atoms with Crippen LogP contribution in [0.1, 0.15) is 27.7 Å². The summed E-state index contributed by atoms with van der Waals surface area (Å²) >= 11 is 0. The Labute approximate surface area is 214 Å². The van der Waals surface area contributed by atoms with Gasteiger partial charge in [0.15, 0.2) is 0 Å². The Morgan fingerprint density at radius 2 is 1.17 bits per heavy atom. The standard InChI is InChI=1S/C28H34BNO4P2/c1-27(2)28(3,4)34-29(33-27)19-10-9-11-20(16-19)30-25-17-21(35(5,6)31)12-14-23(25)24-15-13-22(18-26(24)30)36(7,8)32/h9-18H,1-8H3. The van der Waals surface area contributed by atoms with E-state index in [1.165, 1.54) is 0 Å². The molecule has 0 atom stereocenters. The second-order valence-corrected chi connectivity index (χ2v) is 18.1. The van der Waals surface area contributed by atoms with E-state index in [1.807, 2.05) is 36.4 Å². The lowest BCUT2D eigenvalue weighted by Gasteiger charge is -2.32. The van der Waals surface area contributed by atoms with Crippen molar-refractivity contribution in [2.45, 2.75) is 38.9 Å². The molecule has 0 bridgehead atoms. The van der Waals surface area contributed by atoms with Gasteiger partial charge in [-0.15, -0.1) is 0 Å². The Kier molecular flexibility index (Phi) is 5.82. The van der Waals surface area contributed by atoms with Gasteiger partial charge in [0.25, 0.3) is 0 Å². The largest absolute Gasteiger partial charge is 0.494 e. The topological polar surface area (TPSA) is 57.5 Å². The maximum atomic E-state index is 13.0. The molecule has 0 saturated carbocycles. The van der Waals surface area contributed by atoms with Gasteiger partial charge >= 0.3 is 7.12 Å². The van der Waals surface area contributed by atoms with Crippen molar-refractivity contribution in [3.63, 3.8) is 0 Å². The fraction of sp³-hybridized carbons (Fsp3) is 0.357. The zero-order chi connectivity index (χ0) is 26.3. The minimum absolute atomic E-state index is 0.433. The minimum atomic E-state index is -2.47. The highest BCUT2D eigenvalue weighted by molar-refractivity contribution is 7.70. The monoisotopic (exact) mass is 521 g/mol. The SMILES string of the molecule is CC1(C)OB(c2cccc(-n3c4cc(P(C)(C)=O)ccc4c4ccc(P(C)(C)=O)cc43)c2)OC1(C)C. The first-order valence-corrected chi connectivity index (χ1v) is 17.4. The van der Waals surface area contributed by atoms with E-state index in [9.17, 15) is 9.13 Å². The molecule has 1 aliphatic heterocycles. The zero-order valence-corrected chi connectivity index (χ0v) is 24.1. The van der Waals surface area contributed by atoms with Crippen LogP contribution in [0.2, 0.25) is 0 Å². The molecule has 5 nitrogen and oxygen atoms in total. The highest BCUT2D eigenvalue weighted by atomic mass is 31.2. The number of hydrogen-bond donors (Lipinski definition) is 0. The summed E-state index contributed by atoms with van der Waals surface area (Å²) in [4.78, 5) is 0. The van der Waals surface area contributed by atoms with Gasteiger partial charge in [-0.3, -0.25) is 0 Å². The molecule has 0 N–H and O–H groups in total. The third kappa shape index (κ3) is 4.23. The van der Waals surface area contributed by atoms with Crippen LogP contribution < -0.4 is 16.1 Å². The van der Waals surface area contributed by atoms with E-state index in [0.717, 1.165) is 43.6 Å². The van der Waals surface area contributed by atoms with Gasteiger partial charge < -0.3 is 23.0 Å². The van der Waals surface area contributed by atoms with Crippen LogP contribution in [0.4, 0.5) is 0 Å². The second kappa shape index (κ2) is 8.20. The zero-order valence-electron chi connectivity index (χ0n) is 22.3. The van der Waals surface area contributed by atoms with Gasteiger partial charge in [0.2, 0.25) is 0 Å². The molecule has 188 valence electrons. The third-order valence-corrected chi connectivity index (χ3v) is 10.7. The van der Waals surface area contributed by atoms with Crippen molar-refractivity contribution in [1.29, 1.82) is 0 Å². The molecular weight excluding hydrogens is 487 g/mol. The van der Waals surface area contributed by atoms with E-state index in [1.54, 1.807) is 26.7 Å². The molecule has 8 heteroatoms. The minimum Gasteiger partial charge on any atom is -0.399 e. The number of benzene rings is 3. The Morgan fingerprint density at radius 3 is 1.61 bits per heavy atom. The molecule has 36 heavy (non-hydrogen) atoms. The lowest BCUT2D eigenvalue weighted by Crippen LogP contribution is -2.41. The van der Waals surface area contributed by atoms with Gasteiger partial charge in [-0.1, -0.05) is 36.4 Å². The van der Waals surface area contributed by atoms with Gasteiger partial charge in [-0.2, -0.15) is 0 Å². The van der Waals surface area contributed by atoms with Crippen molar-refractivity contribution in [2.75, 3.05) is 26.7 Å². The fourth-order valence-corrected chi connectivity index (χ4v) is 6.47. The molecule has 1 aromatic heterocycles. The molecule has 0 amide bonds. The summed E-state index contributed by atoms with van der Waals surface area (Å²) in [5, 5.41) is 3.80. The van der Waals surface area contributed by atoms with Crippen molar-refractivity contribution in [3.05, 3.63) is 60.7 Å². The van der Waals surface area contributed by atoms with Crippen molar-refractivity contribution in [1.82, 2.24) is 4.57 Å². The van der Waals surface area contributed by atoms with Crippen LogP contribution in [0.15, 0.2) is 60.7 Å². The van der Waals surface area contributed by atoms with E-state index < -0.39 is 32.6 Å². The lowest BCUT2D eigenvalue weighted by atomic mass is 9.79. The van der Waals surface area contributed by atoms with Crippen LogP contribution in [0, 0.1) is 0 Å². The third-order valence-electron chi connectivity index (χ3n) is 7.63. The van der Waals surface area contributed by atoms with E-state index >= 15 is 0 Å². The average Bonchev–Trinajstić information content (AvgIpc) is 3.21. The maximum absolute atomic E-state index is 13.0. The molecule has 0 unspecified atom stereocenters. The van der Waals surface area contributed by atoms with Crippen molar-refractivity contribution in [2.24, 2.45) is 0 Å². The lowest BCUT2D eigenvalue weighted by molar-refractivity contribution is 0.00578. The summed E-state index contributed by atoms with van der Waals surface area (Å²) in [5.74, 6) is 0. The molecule has 0 aliphatic carbocycles. The van der Waals surface area contributed by atoms with Crippen molar-refractivity contribution in [3.8, 4) is 5.69 Å². The van der Waals surface area contributed by atoms with Gasteiger partial charge in [0.1, 0.15) is 14.3 Å². The molecule has 1 fully saturated rings. The van der Waals surface area contributed by atoms with Crippen molar-refractivity contribution >= 4 is 59.3 Å². The highest BCUT2D eigenvalue weighted by Gasteiger charge is 2.51. The summed E-state index contributed by atoms with van der Waals surface area (Å²) in [5.41, 5.74) is 2.95. The highest BCUT2D eigenvalue weighted by Crippen LogP contribution is 2.41. The molecule has 2 heterocycles. The predicted octanol–water partition coefficient (Wildman–Crippen LogP) is 5.58. The van der Waals surface area contributed by atoms with Gasteiger partial charge in [0.05, 0.1) is 22.2 Å². The Bertz CT molecular complexity index is 1510. The molecule has 1 aliphatic rings. The maximum Gasteiger partial charge on any atom is 0.494 e. The van der Waals surface area contributed by atoms with E-state index in [4.69, 9.17) is 9.31 Å². The summed E-state index contributed by atoms with van der Waals surface area (Å²) in [7, 11) is -5.41. The van der Waals surface area contributed by atoms with Crippen LogP contribution >= 0.6 is 14.3 Å². The molecule has 5 rings (SSSR count). The number of hydrogen-bond acceptors (Lipinski definition) is 4. The van der Waals surface area contributed by atoms with Crippen LogP contribution in [0.3, 0.4) is 0 Å². The van der Waals surface area contributed by atoms with Crippen LogP contribution in [0.5, 0.6) is 0 Å². The van der Waals surface area contributed by atoms with Gasteiger partial charge in [-0.25, -0.2) is 0 Å². The second-order valence-electron chi connectivity index (χ2n) is 11.6. The first-order valence-electron chi connectivity index (χ1n) is 12.2. The number of aromatic nitrogens is 1. The molecule has 3 aromatic carbocycles. The Morgan fingerprint density at radius 1 is 0.694 bits per heavy atom. The van der Waals surface area contributed by atoms with E-state index in [0.29, 0.717) is 0 Å². The summed E-state index contributed by atoms with van der Waals surface area (Å²) in [6, 6.07) is 20.3. The van der Waals surface area contributed by atoms with Gasteiger partial charge in [0, 0.05) is 27.1 Å². The molecule has 0 spiro atoms. The number of rotatable bonds is 4. The Balaban J connectivity index is 1.77. The Hall–Kier alpha value is -2.10. The normalized spacial score (nSPS) is 17.8. The van der Waals surface area contributed by atoms with E-state index in [-0.39, 0.29) is 0 Å². The number of nitrogens with zero attached hydrogens (tertiary/aromatic N) is 1. The molecule has 4 aromatic rings. The van der Waals surface area contributed by atoms with Crippen molar-refractivity contribution < 1.29 is 18.4 Å². The smallest absolute Gasteiger partial charge is 0.399 e. The predicted molar refractivity (Wildman–Crippen MR) is 155 cm³/mol. The van der Waals surface area contributed by atoms with Crippen LogP contribution in [0.25, 0.3) is 27.5 Å². The molecule has 1 saturated heterocycles. The van der Waals surface area contributed by atoms with Gasteiger partial charge in [-0.05, 0) is 84.1 Å². The van der Waals surface area contributed by atoms with Crippen LogP contribution in [-0.4, -0.2) is 49.5 Å². The number of fused-ring (bicyclic) bond motifs is 3. The van der Waals surface area contributed by atoms with E-state index in [2.05, 4.69) is 56.5 Å². The summed E-state index contributed by atoms with van der Waals surface area (Å²) in [6.45, 7) is 15.4. The summed E-state index contributed by atoms with van der Waals surface area (Å²) in [6.07, 6.45) is 0. The first-order chi connectivity index (χ1) is 16.6.